The first-order valence-corrected chi connectivity index (χ1v) is 5.58. The highest BCUT2D eigenvalue weighted by molar-refractivity contribution is 6.04. The summed E-state index contributed by atoms with van der Waals surface area (Å²) in [4.78, 5) is 29.0. The van der Waals surface area contributed by atoms with E-state index in [1.54, 1.807) is 17.0 Å². The Kier molecular flexibility index (Phi) is 2.87. The van der Waals surface area contributed by atoms with E-state index in [-0.39, 0.29) is 24.4 Å². The third-order valence-corrected chi connectivity index (χ3v) is 2.94. The first-order chi connectivity index (χ1) is 8.00. The van der Waals surface area contributed by atoms with Crippen molar-refractivity contribution >= 4 is 11.9 Å². The molecule has 1 saturated heterocycles. The van der Waals surface area contributed by atoms with Crippen LogP contribution in [0.4, 0.5) is 4.79 Å². The van der Waals surface area contributed by atoms with Crippen molar-refractivity contribution in [2.75, 3.05) is 0 Å². The van der Waals surface area contributed by atoms with E-state index >= 15 is 0 Å². The second-order valence-corrected chi connectivity index (χ2v) is 4.55. The van der Waals surface area contributed by atoms with E-state index in [9.17, 15) is 9.59 Å². The predicted octanol–water partition coefficient (Wildman–Crippen LogP) is 0.496. The third kappa shape index (κ3) is 2.02. The summed E-state index contributed by atoms with van der Waals surface area (Å²) in [7, 11) is 1.83. The fraction of sp³-hybridized carbons (Fsp3) is 0.545. The molecule has 2 heterocycles. The summed E-state index contributed by atoms with van der Waals surface area (Å²) in [6.45, 7) is 4.04. The van der Waals surface area contributed by atoms with Gasteiger partial charge in [-0.05, 0) is 5.92 Å². The van der Waals surface area contributed by atoms with Gasteiger partial charge in [-0.25, -0.2) is 9.78 Å². The van der Waals surface area contributed by atoms with Gasteiger partial charge >= 0.3 is 6.03 Å². The summed E-state index contributed by atoms with van der Waals surface area (Å²) in [5.41, 5.74) is 0. The molecule has 1 aliphatic heterocycles. The number of aryl methyl sites for hydroxylation is 1. The van der Waals surface area contributed by atoms with E-state index in [0.717, 1.165) is 0 Å². The summed E-state index contributed by atoms with van der Waals surface area (Å²) >= 11 is 0. The van der Waals surface area contributed by atoms with Gasteiger partial charge in [-0.1, -0.05) is 13.8 Å². The van der Waals surface area contributed by atoms with Crippen LogP contribution in [-0.4, -0.2) is 32.4 Å². The van der Waals surface area contributed by atoms with E-state index in [1.165, 1.54) is 4.90 Å². The Morgan fingerprint density at radius 1 is 1.47 bits per heavy atom. The minimum atomic E-state index is -0.414. The number of carbonyl (C=O) groups excluding carboxylic acids is 2. The molecule has 1 fully saturated rings. The summed E-state index contributed by atoms with van der Waals surface area (Å²) in [6, 6.07) is -0.750. The molecule has 92 valence electrons. The molecule has 1 atom stereocenters. The van der Waals surface area contributed by atoms with E-state index in [4.69, 9.17) is 0 Å². The highest BCUT2D eigenvalue weighted by atomic mass is 16.2. The molecule has 0 saturated carbocycles. The van der Waals surface area contributed by atoms with Gasteiger partial charge in [0.05, 0.1) is 6.54 Å². The first-order valence-electron chi connectivity index (χ1n) is 5.58. The standard InChI is InChI=1S/C11H16N4O2/c1-7(2)9-10(16)15(11(17)13-9)6-8-12-4-5-14(8)3/h4-5,7,9H,6H2,1-3H3,(H,13,17). The van der Waals surface area contributed by atoms with Crippen molar-refractivity contribution in [3.05, 3.63) is 18.2 Å². The van der Waals surface area contributed by atoms with Crippen LogP contribution < -0.4 is 5.32 Å². The van der Waals surface area contributed by atoms with Crippen LogP contribution in [0, 0.1) is 5.92 Å². The summed E-state index contributed by atoms with van der Waals surface area (Å²) in [6.07, 6.45) is 3.43. The minimum Gasteiger partial charge on any atom is -0.337 e. The highest BCUT2D eigenvalue weighted by Crippen LogP contribution is 2.15. The zero-order chi connectivity index (χ0) is 12.6. The number of hydrogen-bond donors (Lipinski definition) is 1. The van der Waals surface area contributed by atoms with Crippen LogP contribution in [0.25, 0.3) is 0 Å². The van der Waals surface area contributed by atoms with Gasteiger partial charge in [0.15, 0.2) is 0 Å². The summed E-state index contributed by atoms with van der Waals surface area (Å²) in [5, 5.41) is 2.69. The zero-order valence-corrected chi connectivity index (χ0v) is 10.2. The maximum Gasteiger partial charge on any atom is 0.325 e. The average molecular weight is 236 g/mol. The number of carbonyl (C=O) groups is 2. The second-order valence-electron chi connectivity index (χ2n) is 4.55. The lowest BCUT2D eigenvalue weighted by molar-refractivity contribution is -0.128. The van der Waals surface area contributed by atoms with E-state index in [1.807, 2.05) is 20.9 Å². The molecule has 1 aromatic rings. The second kappa shape index (κ2) is 4.20. The Bertz CT molecular complexity index is 452. The fourth-order valence-electron chi connectivity index (χ4n) is 1.83. The Morgan fingerprint density at radius 3 is 2.65 bits per heavy atom. The number of nitrogens with one attached hydrogen (secondary N) is 1. The number of imide groups is 1. The molecule has 0 bridgehead atoms. The largest absolute Gasteiger partial charge is 0.337 e. The van der Waals surface area contributed by atoms with Crippen LogP contribution in [0.5, 0.6) is 0 Å². The molecular formula is C11H16N4O2. The lowest BCUT2D eigenvalue weighted by atomic mass is 10.1. The van der Waals surface area contributed by atoms with Gasteiger partial charge in [0.1, 0.15) is 11.9 Å². The quantitative estimate of drug-likeness (QED) is 0.777. The topological polar surface area (TPSA) is 67.2 Å². The van der Waals surface area contributed by atoms with Crippen molar-refractivity contribution in [2.24, 2.45) is 13.0 Å². The van der Waals surface area contributed by atoms with Crippen molar-refractivity contribution in [1.82, 2.24) is 19.8 Å². The number of amides is 3. The maximum atomic E-state index is 12.0. The number of rotatable bonds is 3. The Labute approximate surface area is 99.6 Å². The molecule has 2 rings (SSSR count). The minimum absolute atomic E-state index is 0.0952. The van der Waals surface area contributed by atoms with Crippen molar-refractivity contribution in [1.29, 1.82) is 0 Å². The Balaban J connectivity index is 2.15. The van der Waals surface area contributed by atoms with Gasteiger partial charge in [0.2, 0.25) is 0 Å². The third-order valence-electron chi connectivity index (χ3n) is 2.94. The molecule has 17 heavy (non-hydrogen) atoms. The lowest BCUT2D eigenvalue weighted by Crippen LogP contribution is -2.34. The number of imidazole rings is 1. The fourth-order valence-corrected chi connectivity index (χ4v) is 1.83. The summed E-state index contributed by atoms with van der Waals surface area (Å²) < 4.78 is 1.79. The summed E-state index contributed by atoms with van der Waals surface area (Å²) in [5.74, 6) is 0.615. The van der Waals surface area contributed by atoms with Gasteiger partial charge in [0, 0.05) is 19.4 Å². The molecule has 1 N–H and O–H groups in total. The monoisotopic (exact) mass is 236 g/mol. The number of nitrogens with zero attached hydrogens (tertiary/aromatic N) is 3. The van der Waals surface area contributed by atoms with Gasteiger partial charge < -0.3 is 9.88 Å². The van der Waals surface area contributed by atoms with Crippen molar-refractivity contribution in [3.63, 3.8) is 0 Å². The van der Waals surface area contributed by atoms with E-state index in [0.29, 0.717) is 5.82 Å². The van der Waals surface area contributed by atoms with Crippen molar-refractivity contribution in [3.8, 4) is 0 Å². The van der Waals surface area contributed by atoms with Crippen LogP contribution in [-0.2, 0) is 18.4 Å². The molecule has 0 aromatic carbocycles. The van der Waals surface area contributed by atoms with Gasteiger partial charge in [-0.2, -0.15) is 0 Å². The van der Waals surface area contributed by atoms with Crippen LogP contribution in [0.1, 0.15) is 19.7 Å². The normalized spacial score (nSPS) is 20.2. The van der Waals surface area contributed by atoms with Crippen LogP contribution >= 0.6 is 0 Å². The van der Waals surface area contributed by atoms with E-state index in [2.05, 4.69) is 10.3 Å². The molecule has 1 aliphatic rings. The van der Waals surface area contributed by atoms with E-state index < -0.39 is 6.04 Å². The zero-order valence-electron chi connectivity index (χ0n) is 10.2. The molecule has 0 radical (unpaired) electrons. The molecule has 0 aliphatic carbocycles. The molecule has 1 unspecified atom stereocenters. The number of urea groups is 1. The molecule has 6 nitrogen and oxygen atoms in total. The number of hydrogen-bond acceptors (Lipinski definition) is 3. The maximum absolute atomic E-state index is 12.0. The molecular weight excluding hydrogens is 220 g/mol. The predicted molar refractivity (Wildman–Crippen MR) is 60.9 cm³/mol. The van der Waals surface area contributed by atoms with Crippen molar-refractivity contribution in [2.45, 2.75) is 26.4 Å². The molecule has 3 amide bonds. The highest BCUT2D eigenvalue weighted by Gasteiger charge is 2.39. The first kappa shape index (κ1) is 11.6. The molecule has 6 heteroatoms. The lowest BCUT2D eigenvalue weighted by Gasteiger charge is -2.14. The van der Waals surface area contributed by atoms with Crippen molar-refractivity contribution < 1.29 is 9.59 Å². The smallest absolute Gasteiger partial charge is 0.325 e. The number of aromatic nitrogens is 2. The van der Waals surface area contributed by atoms with Gasteiger partial charge in [0.25, 0.3) is 5.91 Å². The Hall–Kier alpha value is -1.85. The van der Waals surface area contributed by atoms with Crippen LogP contribution in [0.2, 0.25) is 0 Å². The van der Waals surface area contributed by atoms with Crippen LogP contribution in [0.15, 0.2) is 12.4 Å². The Morgan fingerprint density at radius 2 is 2.18 bits per heavy atom. The average Bonchev–Trinajstić information content (AvgIpc) is 2.77. The van der Waals surface area contributed by atoms with Crippen LogP contribution in [0.3, 0.4) is 0 Å². The molecule has 1 aromatic heterocycles. The molecule has 0 spiro atoms. The van der Waals surface area contributed by atoms with Gasteiger partial charge in [-0.3, -0.25) is 9.69 Å². The SMILES string of the molecule is CC(C)C1NC(=O)N(Cc2nccn2C)C1=O. The van der Waals surface area contributed by atoms with Gasteiger partial charge in [-0.15, -0.1) is 0 Å².